The molecule has 11 heteroatoms. The summed E-state index contributed by atoms with van der Waals surface area (Å²) in [6.07, 6.45) is 0. The summed E-state index contributed by atoms with van der Waals surface area (Å²) in [5, 5.41) is 10.1. The first-order valence-corrected chi connectivity index (χ1v) is 10.8. The lowest BCUT2D eigenvalue weighted by Gasteiger charge is -2.17. The lowest BCUT2D eigenvalue weighted by atomic mass is 10.0. The Labute approximate surface area is 156 Å². The van der Waals surface area contributed by atoms with Gasteiger partial charge < -0.3 is 9.29 Å². The van der Waals surface area contributed by atoms with Gasteiger partial charge in [-0.05, 0) is 42.3 Å². The third kappa shape index (κ3) is 3.98. The zero-order valence-electron chi connectivity index (χ0n) is 14.1. The lowest BCUT2D eigenvalue weighted by molar-refractivity contribution is -0.117. The van der Waals surface area contributed by atoms with Gasteiger partial charge in [-0.1, -0.05) is 18.2 Å². The van der Waals surface area contributed by atoms with E-state index in [4.69, 9.17) is 4.18 Å². The number of hydrogen-bond donors (Lipinski definition) is 2. The van der Waals surface area contributed by atoms with E-state index in [1.165, 1.54) is 37.3 Å². The molecule has 0 radical (unpaired) electrons. The number of phenols is 1. The molecule has 9 nitrogen and oxygen atoms in total. The highest BCUT2D eigenvalue weighted by molar-refractivity contribution is 7.92. The third-order valence-electron chi connectivity index (χ3n) is 3.81. The standard InChI is InChI=1S/C16H16N2O7S2/c1-2-26(21,22)25-13-5-3-4-11(8-13)12-6-7-15(19)14(9-12)18-10-16(20)17-27(18,23)24/h3-9,19H,2,10H2,1H3,(H,17,20). The zero-order valence-corrected chi connectivity index (χ0v) is 15.7. The van der Waals surface area contributed by atoms with Crippen molar-refractivity contribution in [3.05, 3.63) is 42.5 Å². The van der Waals surface area contributed by atoms with Gasteiger partial charge in [-0.15, -0.1) is 0 Å². The number of phenolic OH excluding ortho intramolecular Hbond substituents is 1. The van der Waals surface area contributed by atoms with Crippen LogP contribution in [-0.4, -0.2) is 40.1 Å². The van der Waals surface area contributed by atoms with Gasteiger partial charge >= 0.3 is 20.3 Å². The molecule has 2 N–H and O–H groups in total. The number of hydrogen-bond acceptors (Lipinski definition) is 7. The van der Waals surface area contributed by atoms with Gasteiger partial charge in [0.05, 0.1) is 11.4 Å². The Morgan fingerprint density at radius 2 is 1.89 bits per heavy atom. The van der Waals surface area contributed by atoms with Crippen molar-refractivity contribution in [3.8, 4) is 22.6 Å². The maximum absolute atomic E-state index is 12.0. The van der Waals surface area contributed by atoms with Crippen LogP contribution in [0.1, 0.15) is 6.92 Å². The molecule has 0 aliphatic carbocycles. The SMILES string of the molecule is CCS(=O)(=O)Oc1cccc(-c2ccc(O)c(N3CC(=O)NS3(=O)=O)c2)c1. The van der Waals surface area contributed by atoms with Crippen LogP contribution < -0.4 is 13.2 Å². The predicted molar refractivity (Wildman–Crippen MR) is 98.0 cm³/mol. The molecule has 3 rings (SSSR count). The highest BCUT2D eigenvalue weighted by atomic mass is 32.2. The Bertz CT molecular complexity index is 1110. The third-order valence-corrected chi connectivity index (χ3v) is 6.35. The van der Waals surface area contributed by atoms with Gasteiger partial charge in [0.15, 0.2) is 0 Å². The second-order valence-electron chi connectivity index (χ2n) is 5.70. The summed E-state index contributed by atoms with van der Waals surface area (Å²) in [6, 6.07) is 10.4. The largest absolute Gasteiger partial charge is 0.506 e. The summed E-state index contributed by atoms with van der Waals surface area (Å²) in [4.78, 5) is 11.4. The monoisotopic (exact) mass is 412 g/mol. The maximum atomic E-state index is 12.0. The average molecular weight is 412 g/mol. The molecule has 2 aromatic rings. The lowest BCUT2D eigenvalue weighted by Crippen LogP contribution is -2.29. The van der Waals surface area contributed by atoms with Crippen molar-refractivity contribution in [2.45, 2.75) is 6.92 Å². The van der Waals surface area contributed by atoms with Crippen molar-refractivity contribution < 1.29 is 30.9 Å². The summed E-state index contributed by atoms with van der Waals surface area (Å²) >= 11 is 0. The van der Waals surface area contributed by atoms with Crippen molar-refractivity contribution in [2.75, 3.05) is 16.6 Å². The molecular formula is C16H16N2O7S2. The van der Waals surface area contributed by atoms with Crippen molar-refractivity contribution >= 4 is 31.9 Å². The number of rotatable bonds is 5. The normalized spacial score (nSPS) is 16.2. The van der Waals surface area contributed by atoms with Crippen LogP contribution in [0.25, 0.3) is 11.1 Å². The van der Waals surface area contributed by atoms with Crippen LogP contribution >= 0.6 is 0 Å². The van der Waals surface area contributed by atoms with E-state index in [-0.39, 0.29) is 22.9 Å². The van der Waals surface area contributed by atoms with E-state index in [2.05, 4.69) is 0 Å². The summed E-state index contributed by atoms with van der Waals surface area (Å²) in [5.74, 6) is -1.11. The molecule has 1 amide bonds. The van der Waals surface area contributed by atoms with Crippen molar-refractivity contribution in [2.24, 2.45) is 0 Å². The van der Waals surface area contributed by atoms with Crippen molar-refractivity contribution in [3.63, 3.8) is 0 Å². The van der Waals surface area contributed by atoms with Gasteiger partial charge in [-0.3, -0.25) is 4.79 Å². The number of carbonyl (C=O) groups is 1. The van der Waals surface area contributed by atoms with Gasteiger partial charge in [0.2, 0.25) is 0 Å². The van der Waals surface area contributed by atoms with Crippen LogP contribution in [0.15, 0.2) is 42.5 Å². The highest BCUT2D eigenvalue weighted by Gasteiger charge is 2.35. The molecule has 1 aliphatic heterocycles. The molecule has 27 heavy (non-hydrogen) atoms. The van der Waals surface area contributed by atoms with Gasteiger partial charge in [-0.2, -0.15) is 16.8 Å². The van der Waals surface area contributed by atoms with Crippen LogP contribution in [0.3, 0.4) is 0 Å². The number of amides is 1. The van der Waals surface area contributed by atoms with Crippen molar-refractivity contribution in [1.29, 1.82) is 0 Å². The fraction of sp³-hybridized carbons (Fsp3) is 0.188. The molecule has 0 aromatic heterocycles. The molecule has 1 saturated heterocycles. The Morgan fingerprint density at radius 3 is 2.52 bits per heavy atom. The second-order valence-corrected chi connectivity index (χ2v) is 9.15. The Morgan fingerprint density at radius 1 is 1.19 bits per heavy atom. The number of benzene rings is 2. The second kappa shape index (κ2) is 6.74. The number of nitrogens with zero attached hydrogens (tertiary/aromatic N) is 1. The number of nitrogens with one attached hydrogen (secondary N) is 1. The van der Waals surface area contributed by atoms with Gasteiger partial charge in [0, 0.05) is 0 Å². The smallest absolute Gasteiger partial charge is 0.326 e. The minimum Gasteiger partial charge on any atom is -0.506 e. The molecule has 1 aliphatic rings. The van der Waals surface area contributed by atoms with Crippen molar-refractivity contribution in [1.82, 2.24) is 4.72 Å². The first kappa shape index (κ1) is 19.0. The fourth-order valence-electron chi connectivity index (χ4n) is 2.50. The Kier molecular flexibility index (Phi) is 4.74. The zero-order chi connectivity index (χ0) is 19.8. The van der Waals surface area contributed by atoms with Gasteiger partial charge in [0.1, 0.15) is 18.0 Å². The van der Waals surface area contributed by atoms with E-state index in [0.717, 1.165) is 4.31 Å². The van der Waals surface area contributed by atoms with E-state index in [9.17, 15) is 26.7 Å². The summed E-state index contributed by atoms with van der Waals surface area (Å²) in [7, 11) is -7.77. The summed E-state index contributed by atoms with van der Waals surface area (Å²) in [5.41, 5.74) is 0.964. The Balaban J connectivity index is 2.01. The highest BCUT2D eigenvalue weighted by Crippen LogP contribution is 2.35. The molecule has 2 aromatic carbocycles. The molecule has 144 valence electrons. The van der Waals surface area contributed by atoms with Crippen LogP contribution in [0.2, 0.25) is 0 Å². The average Bonchev–Trinajstić information content (AvgIpc) is 2.87. The predicted octanol–water partition coefficient (Wildman–Crippen LogP) is 0.969. The van der Waals surface area contributed by atoms with Crippen LogP contribution in [-0.2, 0) is 25.1 Å². The van der Waals surface area contributed by atoms with E-state index < -0.39 is 32.8 Å². The Hall–Kier alpha value is -2.79. The van der Waals surface area contributed by atoms with E-state index in [1.54, 1.807) is 12.1 Å². The van der Waals surface area contributed by atoms with Gasteiger partial charge in [-0.25, -0.2) is 9.03 Å². The first-order chi connectivity index (χ1) is 12.6. The molecular weight excluding hydrogens is 396 g/mol. The van der Waals surface area contributed by atoms with Crippen LogP contribution in [0.4, 0.5) is 5.69 Å². The summed E-state index contributed by atoms with van der Waals surface area (Å²) < 4.78 is 54.8. The molecule has 0 unspecified atom stereocenters. The maximum Gasteiger partial charge on any atom is 0.326 e. The fourth-order valence-corrected chi connectivity index (χ4v) is 4.17. The molecule has 1 fully saturated rings. The molecule has 0 atom stereocenters. The van der Waals surface area contributed by atoms with E-state index in [0.29, 0.717) is 11.1 Å². The quantitative estimate of drug-likeness (QED) is 0.700. The molecule has 0 spiro atoms. The van der Waals surface area contributed by atoms with Crippen LogP contribution in [0, 0.1) is 0 Å². The topological polar surface area (TPSA) is 130 Å². The number of aromatic hydroxyl groups is 1. The summed E-state index contributed by atoms with van der Waals surface area (Å²) in [6.45, 7) is 1.01. The first-order valence-electron chi connectivity index (χ1n) is 7.80. The minimum absolute atomic E-state index is 0.0710. The molecule has 0 saturated carbocycles. The minimum atomic E-state index is -4.08. The number of carbonyl (C=O) groups excluding carboxylic acids is 1. The van der Waals surface area contributed by atoms with E-state index in [1.807, 2.05) is 4.72 Å². The number of anilines is 1. The molecule has 1 heterocycles. The van der Waals surface area contributed by atoms with Gasteiger partial charge in [0.25, 0.3) is 5.91 Å². The van der Waals surface area contributed by atoms with Crippen LogP contribution in [0.5, 0.6) is 11.5 Å². The molecule has 0 bridgehead atoms. The van der Waals surface area contributed by atoms with E-state index >= 15 is 0 Å².